The standard InChI is InChI=1S/C25H30N4O4/c1-17-5-4-6-18(13-17)15-26-25(30)19-9-11-29(12-10-19)16-23-27-24(28-33-23)20-7-8-21(31-2)22(14-20)32-3/h4-8,13-14,19H,9-12,15-16H2,1-3H3,(H,26,30). The normalized spacial score (nSPS) is 14.8. The Kier molecular flexibility index (Phi) is 7.24. The lowest BCUT2D eigenvalue weighted by Crippen LogP contribution is -2.40. The Morgan fingerprint density at radius 1 is 1.12 bits per heavy atom. The van der Waals surface area contributed by atoms with Gasteiger partial charge in [0.2, 0.25) is 17.6 Å². The summed E-state index contributed by atoms with van der Waals surface area (Å²) in [5.74, 6) is 2.50. The Bertz CT molecular complexity index is 1090. The predicted molar refractivity (Wildman–Crippen MR) is 124 cm³/mol. The SMILES string of the molecule is COc1ccc(-c2noc(CN3CCC(C(=O)NCc4cccc(C)c4)CC3)n2)cc1OC. The third kappa shape index (κ3) is 5.70. The number of aryl methyl sites for hydroxylation is 1. The second-order valence-corrected chi connectivity index (χ2v) is 8.34. The minimum Gasteiger partial charge on any atom is -0.493 e. The first-order chi connectivity index (χ1) is 16.1. The molecule has 0 radical (unpaired) electrons. The van der Waals surface area contributed by atoms with Crippen molar-refractivity contribution in [3.05, 3.63) is 59.5 Å². The molecular formula is C25H30N4O4. The number of methoxy groups -OCH3 is 2. The molecular weight excluding hydrogens is 420 g/mol. The zero-order valence-electron chi connectivity index (χ0n) is 19.3. The highest BCUT2D eigenvalue weighted by molar-refractivity contribution is 5.78. The number of carbonyl (C=O) groups excluding carboxylic acids is 1. The van der Waals surface area contributed by atoms with Crippen molar-refractivity contribution in [1.82, 2.24) is 20.4 Å². The lowest BCUT2D eigenvalue weighted by atomic mass is 9.96. The van der Waals surface area contributed by atoms with E-state index in [9.17, 15) is 4.79 Å². The maximum Gasteiger partial charge on any atom is 0.241 e. The van der Waals surface area contributed by atoms with Gasteiger partial charge in [0.05, 0.1) is 20.8 Å². The van der Waals surface area contributed by atoms with E-state index in [0.717, 1.165) is 37.1 Å². The van der Waals surface area contributed by atoms with Crippen molar-refractivity contribution in [3.8, 4) is 22.9 Å². The molecule has 1 amide bonds. The lowest BCUT2D eigenvalue weighted by molar-refractivity contribution is -0.126. The van der Waals surface area contributed by atoms with Gasteiger partial charge in [-0.1, -0.05) is 35.0 Å². The van der Waals surface area contributed by atoms with Crippen molar-refractivity contribution in [3.63, 3.8) is 0 Å². The molecule has 8 heteroatoms. The fourth-order valence-electron chi connectivity index (χ4n) is 4.11. The monoisotopic (exact) mass is 450 g/mol. The summed E-state index contributed by atoms with van der Waals surface area (Å²) in [5, 5.41) is 7.19. The predicted octanol–water partition coefficient (Wildman–Crippen LogP) is 3.59. The van der Waals surface area contributed by atoms with Gasteiger partial charge in [0.15, 0.2) is 11.5 Å². The summed E-state index contributed by atoms with van der Waals surface area (Å²) >= 11 is 0. The van der Waals surface area contributed by atoms with Crippen molar-refractivity contribution in [1.29, 1.82) is 0 Å². The molecule has 1 aliphatic rings. The largest absolute Gasteiger partial charge is 0.493 e. The number of piperidine rings is 1. The van der Waals surface area contributed by atoms with E-state index in [1.54, 1.807) is 14.2 Å². The van der Waals surface area contributed by atoms with Gasteiger partial charge in [0.1, 0.15) is 0 Å². The van der Waals surface area contributed by atoms with Crippen molar-refractivity contribution in [2.75, 3.05) is 27.3 Å². The number of hydrogen-bond acceptors (Lipinski definition) is 7. The van der Waals surface area contributed by atoms with Crippen molar-refractivity contribution in [2.24, 2.45) is 5.92 Å². The number of nitrogens with zero attached hydrogens (tertiary/aromatic N) is 3. The molecule has 8 nitrogen and oxygen atoms in total. The third-order valence-electron chi connectivity index (χ3n) is 5.98. The van der Waals surface area contributed by atoms with Gasteiger partial charge < -0.3 is 19.3 Å². The van der Waals surface area contributed by atoms with E-state index in [4.69, 9.17) is 14.0 Å². The fourth-order valence-corrected chi connectivity index (χ4v) is 4.11. The van der Waals surface area contributed by atoms with Crippen LogP contribution in [0.15, 0.2) is 47.0 Å². The summed E-state index contributed by atoms with van der Waals surface area (Å²) < 4.78 is 16.1. The number of amides is 1. The highest BCUT2D eigenvalue weighted by Crippen LogP contribution is 2.31. The molecule has 0 unspecified atom stereocenters. The minimum atomic E-state index is 0.0380. The average molecular weight is 451 g/mol. The second-order valence-electron chi connectivity index (χ2n) is 8.34. The lowest BCUT2D eigenvalue weighted by Gasteiger charge is -2.30. The Hall–Kier alpha value is -3.39. The third-order valence-corrected chi connectivity index (χ3v) is 5.98. The molecule has 3 aromatic rings. The number of rotatable bonds is 8. The summed E-state index contributed by atoms with van der Waals surface area (Å²) in [4.78, 5) is 19.4. The number of nitrogens with one attached hydrogen (secondary N) is 1. The summed E-state index contributed by atoms with van der Waals surface area (Å²) in [6, 6.07) is 13.7. The topological polar surface area (TPSA) is 89.7 Å². The first-order valence-electron chi connectivity index (χ1n) is 11.2. The molecule has 0 aliphatic carbocycles. The molecule has 1 fully saturated rings. The first kappa shape index (κ1) is 22.8. The van der Waals surface area contributed by atoms with Gasteiger partial charge in [-0.15, -0.1) is 0 Å². The molecule has 2 aromatic carbocycles. The quantitative estimate of drug-likeness (QED) is 0.561. The zero-order chi connectivity index (χ0) is 23.2. The summed E-state index contributed by atoms with van der Waals surface area (Å²) in [7, 11) is 3.19. The Labute approximate surface area is 193 Å². The van der Waals surface area contributed by atoms with Gasteiger partial charge in [-0.2, -0.15) is 4.98 Å². The maximum atomic E-state index is 12.6. The summed E-state index contributed by atoms with van der Waals surface area (Å²) in [6.07, 6.45) is 1.63. The molecule has 0 atom stereocenters. The van der Waals surface area contributed by atoms with Crippen molar-refractivity contribution in [2.45, 2.75) is 32.9 Å². The molecule has 0 spiro atoms. The summed E-state index contributed by atoms with van der Waals surface area (Å²) in [5.41, 5.74) is 3.12. The van der Waals surface area contributed by atoms with E-state index in [2.05, 4.69) is 39.4 Å². The Morgan fingerprint density at radius 2 is 1.91 bits per heavy atom. The minimum absolute atomic E-state index is 0.0380. The highest BCUT2D eigenvalue weighted by Gasteiger charge is 2.26. The number of hydrogen-bond donors (Lipinski definition) is 1. The molecule has 1 aromatic heterocycles. The van der Waals surface area contributed by atoms with Crippen molar-refractivity contribution >= 4 is 5.91 Å². The second kappa shape index (κ2) is 10.5. The molecule has 33 heavy (non-hydrogen) atoms. The van der Waals surface area contributed by atoms with E-state index in [1.807, 2.05) is 30.3 Å². The molecule has 1 saturated heterocycles. The number of benzene rings is 2. The van der Waals surface area contributed by atoms with E-state index in [-0.39, 0.29) is 11.8 Å². The van der Waals surface area contributed by atoms with Crippen LogP contribution in [0.1, 0.15) is 29.9 Å². The van der Waals surface area contributed by atoms with Crippen LogP contribution in [0.2, 0.25) is 0 Å². The molecule has 2 heterocycles. The van der Waals surface area contributed by atoms with Crippen LogP contribution in [0.4, 0.5) is 0 Å². The Morgan fingerprint density at radius 3 is 2.64 bits per heavy atom. The molecule has 1 N–H and O–H groups in total. The number of carbonyl (C=O) groups is 1. The van der Waals surface area contributed by atoms with Gasteiger partial charge >= 0.3 is 0 Å². The van der Waals surface area contributed by atoms with Crippen molar-refractivity contribution < 1.29 is 18.8 Å². The van der Waals surface area contributed by atoms with E-state index in [1.165, 1.54) is 5.56 Å². The number of ether oxygens (including phenoxy) is 2. The smallest absolute Gasteiger partial charge is 0.241 e. The van der Waals surface area contributed by atoms with E-state index < -0.39 is 0 Å². The fraction of sp³-hybridized carbons (Fsp3) is 0.400. The van der Waals surface area contributed by atoms with Gasteiger partial charge in [-0.05, 0) is 56.6 Å². The zero-order valence-corrected chi connectivity index (χ0v) is 19.3. The molecule has 174 valence electrons. The highest BCUT2D eigenvalue weighted by atomic mass is 16.5. The average Bonchev–Trinajstić information content (AvgIpc) is 3.31. The van der Waals surface area contributed by atoms with Crippen LogP contribution in [-0.4, -0.2) is 48.3 Å². The maximum absolute atomic E-state index is 12.6. The molecule has 0 saturated carbocycles. The van der Waals surface area contributed by atoms with Crippen LogP contribution >= 0.6 is 0 Å². The summed E-state index contributed by atoms with van der Waals surface area (Å²) in [6.45, 7) is 4.83. The molecule has 4 rings (SSSR count). The number of aromatic nitrogens is 2. The van der Waals surface area contributed by atoms with Gasteiger partial charge in [-0.3, -0.25) is 9.69 Å². The van der Waals surface area contributed by atoms with Gasteiger partial charge in [-0.25, -0.2) is 0 Å². The number of likely N-dealkylation sites (tertiary alicyclic amines) is 1. The Balaban J connectivity index is 1.27. The molecule has 0 bridgehead atoms. The molecule has 1 aliphatic heterocycles. The van der Waals surface area contributed by atoms with E-state index >= 15 is 0 Å². The van der Waals surface area contributed by atoms with E-state index in [0.29, 0.717) is 36.3 Å². The van der Waals surface area contributed by atoms with Crippen LogP contribution < -0.4 is 14.8 Å². The van der Waals surface area contributed by atoms with Crippen LogP contribution in [0, 0.1) is 12.8 Å². The van der Waals surface area contributed by atoms with Crippen LogP contribution in [0.3, 0.4) is 0 Å². The van der Waals surface area contributed by atoms with Crippen LogP contribution in [0.5, 0.6) is 11.5 Å². The van der Waals surface area contributed by atoms with Crippen LogP contribution in [0.25, 0.3) is 11.4 Å². The van der Waals surface area contributed by atoms with Gasteiger partial charge in [0, 0.05) is 18.0 Å². The first-order valence-corrected chi connectivity index (χ1v) is 11.2. The van der Waals surface area contributed by atoms with Gasteiger partial charge in [0.25, 0.3) is 0 Å². The van der Waals surface area contributed by atoms with Crippen LogP contribution in [-0.2, 0) is 17.9 Å².